The first-order valence-electron chi connectivity index (χ1n) is 10.5. The van der Waals surface area contributed by atoms with Gasteiger partial charge in [-0.15, -0.1) is 0 Å². The van der Waals surface area contributed by atoms with Crippen molar-refractivity contribution in [2.75, 3.05) is 43.4 Å². The molecule has 0 aromatic carbocycles. The molecule has 1 aromatic heterocycles. The van der Waals surface area contributed by atoms with Crippen LogP contribution in [0.1, 0.15) is 39.5 Å². The second-order valence-electron chi connectivity index (χ2n) is 7.13. The molecule has 0 bridgehead atoms. The van der Waals surface area contributed by atoms with E-state index in [2.05, 4.69) is 34.0 Å². The lowest BCUT2D eigenvalue weighted by molar-refractivity contribution is -0.184. The topological polar surface area (TPSA) is 171 Å². The Hall–Kier alpha value is -3.48. The molecule has 1 fully saturated rings. The van der Waals surface area contributed by atoms with E-state index >= 15 is 0 Å². The van der Waals surface area contributed by atoms with E-state index < -0.39 is 43.1 Å². The zero-order valence-electron chi connectivity index (χ0n) is 19.0. The third kappa shape index (κ3) is 11.6. The summed E-state index contributed by atoms with van der Waals surface area (Å²) in [5, 5.41) is 19.8. The number of nitrogens with one attached hydrogen (secondary N) is 1. The predicted octanol–water partition coefficient (Wildman–Crippen LogP) is 0.766. The Balaban J connectivity index is 0.00000125. The van der Waals surface area contributed by atoms with Gasteiger partial charge in [-0.2, -0.15) is 4.98 Å². The number of hydrogen-bond donors (Lipinski definition) is 3. The van der Waals surface area contributed by atoms with Crippen LogP contribution in [0.5, 0.6) is 0 Å². The molecule has 1 aromatic rings. The van der Waals surface area contributed by atoms with E-state index in [1.807, 2.05) is 11.9 Å². The largest absolute Gasteiger partial charge is 0.481 e. The number of nitrogens with zero attached hydrogens (tertiary/aromatic N) is 4. The standard InChI is InChI=1S/C16H21N5O8.C4H10/c1-20-4-6-21(7-5-20)15-17-3-2-10(18-15)19-16(28-13(26)8-11(22)23)29-14(27)9-12(24)25;1-3-4-2/h2-3,16H,4-9H2,1H3,(H,22,23)(H,24,25)(H,17,18,19);3-4H2,1-2H3. The number of likely N-dealkylation sites (N-methyl/N-ethyl adjacent to an activating group) is 1. The predicted molar refractivity (Wildman–Crippen MR) is 116 cm³/mol. The highest BCUT2D eigenvalue weighted by Gasteiger charge is 2.23. The lowest BCUT2D eigenvalue weighted by Crippen LogP contribution is -2.45. The number of rotatable bonds is 10. The van der Waals surface area contributed by atoms with Crippen molar-refractivity contribution < 1.29 is 38.9 Å². The van der Waals surface area contributed by atoms with E-state index in [4.69, 9.17) is 19.7 Å². The van der Waals surface area contributed by atoms with Gasteiger partial charge < -0.3 is 34.8 Å². The van der Waals surface area contributed by atoms with Gasteiger partial charge in [0.25, 0.3) is 0 Å². The van der Waals surface area contributed by atoms with Gasteiger partial charge >= 0.3 is 30.3 Å². The number of carbonyl (C=O) groups is 4. The zero-order chi connectivity index (χ0) is 24.8. The van der Waals surface area contributed by atoms with Crippen LogP contribution in [0.25, 0.3) is 0 Å². The van der Waals surface area contributed by atoms with Gasteiger partial charge in [-0.1, -0.05) is 26.7 Å². The second-order valence-corrected chi connectivity index (χ2v) is 7.13. The van der Waals surface area contributed by atoms with Gasteiger partial charge in [-0.05, 0) is 13.1 Å². The number of piperazine rings is 1. The first-order valence-corrected chi connectivity index (χ1v) is 10.5. The fraction of sp³-hybridized carbons (Fsp3) is 0.600. The molecular weight excluding hydrogens is 438 g/mol. The van der Waals surface area contributed by atoms with Crippen molar-refractivity contribution in [1.82, 2.24) is 14.9 Å². The van der Waals surface area contributed by atoms with Crippen molar-refractivity contribution in [3.63, 3.8) is 0 Å². The molecule has 0 aliphatic carbocycles. The number of ether oxygens (including phenoxy) is 2. The molecule has 2 rings (SSSR count). The maximum Gasteiger partial charge on any atom is 0.330 e. The van der Waals surface area contributed by atoms with Crippen LogP contribution in [-0.2, 0) is 28.7 Å². The zero-order valence-corrected chi connectivity index (χ0v) is 19.0. The molecule has 1 saturated heterocycles. The number of carboxylic acid groups (broad SMARTS) is 2. The summed E-state index contributed by atoms with van der Waals surface area (Å²) in [5.74, 6) is -4.73. The molecule has 184 valence electrons. The molecule has 1 aliphatic heterocycles. The number of hydrogen-bond acceptors (Lipinski definition) is 11. The van der Waals surface area contributed by atoms with Crippen LogP contribution in [0, 0.1) is 0 Å². The Bertz CT molecular complexity index is 766. The minimum atomic E-state index is -1.76. The first-order chi connectivity index (χ1) is 15.6. The van der Waals surface area contributed by atoms with Crippen LogP contribution < -0.4 is 10.2 Å². The summed E-state index contributed by atoms with van der Waals surface area (Å²) in [6.07, 6.45) is 0.387. The van der Waals surface area contributed by atoms with Crippen molar-refractivity contribution in [2.24, 2.45) is 0 Å². The fourth-order valence-electron chi connectivity index (χ4n) is 2.36. The van der Waals surface area contributed by atoms with E-state index in [0.29, 0.717) is 19.0 Å². The molecule has 0 amide bonds. The van der Waals surface area contributed by atoms with E-state index in [-0.39, 0.29) is 5.82 Å². The number of esters is 2. The van der Waals surface area contributed by atoms with E-state index in [9.17, 15) is 19.2 Å². The minimum Gasteiger partial charge on any atom is -0.481 e. The van der Waals surface area contributed by atoms with Crippen LogP contribution in [0.4, 0.5) is 11.8 Å². The van der Waals surface area contributed by atoms with E-state index in [1.54, 1.807) is 0 Å². The van der Waals surface area contributed by atoms with Crippen LogP contribution in [-0.4, -0.2) is 88.6 Å². The van der Waals surface area contributed by atoms with Crippen molar-refractivity contribution >= 4 is 35.6 Å². The highest BCUT2D eigenvalue weighted by atomic mass is 16.7. The highest BCUT2D eigenvalue weighted by molar-refractivity contribution is 5.91. The SMILES string of the molecule is CCCC.CN1CCN(c2nccc(NC(OC(=O)CC(=O)O)OC(=O)CC(=O)O)n2)CC1. The summed E-state index contributed by atoms with van der Waals surface area (Å²) in [6.45, 7) is 7.40. The number of aliphatic carboxylic acids is 2. The average Bonchev–Trinajstić information content (AvgIpc) is 2.73. The van der Waals surface area contributed by atoms with Gasteiger partial charge in [0.2, 0.25) is 5.95 Å². The number of unbranched alkanes of at least 4 members (excludes halogenated alkanes) is 1. The number of carbonyl (C=O) groups excluding carboxylic acids is 2. The molecule has 0 unspecified atom stereocenters. The second kappa shape index (κ2) is 14.6. The summed E-state index contributed by atoms with van der Waals surface area (Å²) in [5.41, 5.74) is 0. The lowest BCUT2D eigenvalue weighted by atomic mass is 10.3. The Labute approximate surface area is 191 Å². The summed E-state index contributed by atoms with van der Waals surface area (Å²) in [4.78, 5) is 57.0. The number of anilines is 2. The van der Waals surface area contributed by atoms with Crippen LogP contribution in [0.15, 0.2) is 12.3 Å². The van der Waals surface area contributed by atoms with Crippen LogP contribution >= 0.6 is 0 Å². The molecule has 13 heteroatoms. The molecule has 1 aliphatic rings. The van der Waals surface area contributed by atoms with Gasteiger partial charge in [0.15, 0.2) is 0 Å². The summed E-state index contributed by atoms with van der Waals surface area (Å²) in [7, 11) is 2.00. The van der Waals surface area contributed by atoms with Crippen LogP contribution in [0.2, 0.25) is 0 Å². The molecule has 2 heterocycles. The Kier molecular flexibility index (Phi) is 12.2. The third-order valence-corrected chi connectivity index (χ3v) is 4.26. The van der Waals surface area contributed by atoms with Gasteiger partial charge in [-0.25, -0.2) is 4.98 Å². The summed E-state index contributed by atoms with van der Waals surface area (Å²) < 4.78 is 9.54. The van der Waals surface area contributed by atoms with Gasteiger partial charge in [-0.3, -0.25) is 19.2 Å². The van der Waals surface area contributed by atoms with Crippen LogP contribution in [0.3, 0.4) is 0 Å². The first kappa shape index (κ1) is 27.6. The average molecular weight is 469 g/mol. The van der Waals surface area contributed by atoms with Crippen molar-refractivity contribution in [2.45, 2.75) is 45.9 Å². The Morgan fingerprint density at radius 2 is 1.52 bits per heavy atom. The van der Waals surface area contributed by atoms with Crippen molar-refractivity contribution in [3.05, 3.63) is 12.3 Å². The van der Waals surface area contributed by atoms with Crippen molar-refractivity contribution in [1.29, 1.82) is 0 Å². The molecule has 0 atom stereocenters. The molecule has 3 N–H and O–H groups in total. The van der Waals surface area contributed by atoms with Gasteiger partial charge in [0.1, 0.15) is 18.7 Å². The highest BCUT2D eigenvalue weighted by Crippen LogP contribution is 2.14. The molecule has 0 radical (unpaired) electrons. The molecule has 13 nitrogen and oxygen atoms in total. The number of aromatic nitrogens is 2. The van der Waals surface area contributed by atoms with Crippen molar-refractivity contribution in [3.8, 4) is 0 Å². The minimum absolute atomic E-state index is 0.130. The maximum absolute atomic E-state index is 11.6. The number of carboxylic acids is 2. The molecule has 0 spiro atoms. The quantitative estimate of drug-likeness (QED) is 0.249. The molecule has 33 heavy (non-hydrogen) atoms. The molecule has 0 saturated carbocycles. The fourth-order valence-corrected chi connectivity index (χ4v) is 2.36. The van der Waals surface area contributed by atoms with E-state index in [0.717, 1.165) is 13.1 Å². The smallest absolute Gasteiger partial charge is 0.330 e. The van der Waals surface area contributed by atoms with Gasteiger partial charge in [0.05, 0.1) is 0 Å². The maximum atomic E-state index is 11.6. The summed E-state index contributed by atoms with van der Waals surface area (Å²) >= 11 is 0. The Morgan fingerprint density at radius 3 is 1.97 bits per heavy atom. The lowest BCUT2D eigenvalue weighted by Gasteiger charge is -2.32. The normalized spacial score (nSPS) is 13.5. The van der Waals surface area contributed by atoms with Gasteiger partial charge in [0, 0.05) is 32.4 Å². The monoisotopic (exact) mass is 469 g/mol. The molecular formula is C20H31N5O8. The Morgan fingerprint density at radius 1 is 1.00 bits per heavy atom. The third-order valence-electron chi connectivity index (χ3n) is 4.26. The van der Waals surface area contributed by atoms with E-state index in [1.165, 1.54) is 25.1 Å². The summed E-state index contributed by atoms with van der Waals surface area (Å²) in [6, 6.07) is 1.42.